The van der Waals surface area contributed by atoms with Crippen LogP contribution in [0.5, 0.6) is 0 Å². The van der Waals surface area contributed by atoms with Gasteiger partial charge < -0.3 is 4.74 Å². The van der Waals surface area contributed by atoms with Crippen LogP contribution in [-0.2, 0) is 17.6 Å². The molecule has 108 valence electrons. The van der Waals surface area contributed by atoms with Gasteiger partial charge in [-0.3, -0.25) is 5.10 Å². The Hall–Kier alpha value is -2.10. The van der Waals surface area contributed by atoms with Gasteiger partial charge in [0.05, 0.1) is 6.61 Å². The quantitative estimate of drug-likeness (QED) is 0.877. The molecule has 1 aromatic heterocycles. The number of esters is 1. The number of carbonyl (C=O) groups excluding carboxylic acids is 1. The van der Waals surface area contributed by atoms with Crippen molar-refractivity contribution in [1.29, 1.82) is 0 Å². The minimum Gasteiger partial charge on any atom is -0.461 e. The zero-order valence-electron chi connectivity index (χ0n) is 12.0. The van der Waals surface area contributed by atoms with Crippen LogP contribution in [0, 0.1) is 11.8 Å². The Balaban J connectivity index is 1.51. The van der Waals surface area contributed by atoms with E-state index >= 15 is 0 Å². The molecular weight excluding hydrogens is 264 g/mol. The second-order valence-electron chi connectivity index (χ2n) is 5.93. The Morgan fingerprint density at radius 2 is 2.19 bits per heavy atom. The van der Waals surface area contributed by atoms with Crippen LogP contribution in [0.1, 0.15) is 40.2 Å². The molecule has 0 radical (unpaired) electrons. The average molecular weight is 282 g/mol. The number of H-pyrrole nitrogens is 1. The molecular formula is C17H18N2O2. The van der Waals surface area contributed by atoms with Crippen LogP contribution in [0.15, 0.2) is 30.3 Å². The smallest absolute Gasteiger partial charge is 0.359 e. The van der Waals surface area contributed by atoms with Crippen LogP contribution in [0.4, 0.5) is 0 Å². The van der Waals surface area contributed by atoms with Crippen molar-refractivity contribution in [1.82, 2.24) is 10.2 Å². The van der Waals surface area contributed by atoms with E-state index < -0.39 is 0 Å². The lowest BCUT2D eigenvalue weighted by molar-refractivity contribution is 0.0518. The number of ether oxygens (including phenoxy) is 1. The average Bonchev–Trinajstić information content (AvgIpc) is 2.86. The summed E-state index contributed by atoms with van der Waals surface area (Å²) in [5.74, 6) is 1.62. The first-order valence-electron chi connectivity index (χ1n) is 7.57. The molecule has 4 nitrogen and oxygen atoms in total. The van der Waals surface area contributed by atoms with E-state index in [0.29, 0.717) is 30.1 Å². The molecule has 2 aromatic rings. The fourth-order valence-electron chi connectivity index (χ4n) is 3.78. The minimum atomic E-state index is -0.295. The fraction of sp³-hybridized carbons (Fsp3) is 0.412. The monoisotopic (exact) mass is 282 g/mol. The Kier molecular flexibility index (Phi) is 2.84. The van der Waals surface area contributed by atoms with Gasteiger partial charge in [0.1, 0.15) is 0 Å². The van der Waals surface area contributed by atoms with Crippen molar-refractivity contribution in [3.05, 3.63) is 52.8 Å². The first-order valence-corrected chi connectivity index (χ1v) is 7.57. The first kappa shape index (κ1) is 12.6. The van der Waals surface area contributed by atoms with Crippen LogP contribution in [-0.4, -0.2) is 22.8 Å². The number of rotatable bonds is 4. The molecule has 4 rings (SSSR count). The molecule has 3 atom stereocenters. The number of hydrogen-bond donors (Lipinski definition) is 1. The van der Waals surface area contributed by atoms with Gasteiger partial charge in [-0.2, -0.15) is 5.10 Å². The maximum atomic E-state index is 11.9. The van der Waals surface area contributed by atoms with Crippen molar-refractivity contribution in [2.24, 2.45) is 11.8 Å². The molecule has 4 heteroatoms. The van der Waals surface area contributed by atoms with Gasteiger partial charge in [0.2, 0.25) is 0 Å². The van der Waals surface area contributed by atoms with Crippen molar-refractivity contribution in [3.8, 4) is 0 Å². The van der Waals surface area contributed by atoms with Crippen molar-refractivity contribution in [2.45, 2.75) is 25.7 Å². The Morgan fingerprint density at radius 3 is 2.95 bits per heavy atom. The van der Waals surface area contributed by atoms with Crippen molar-refractivity contribution in [2.75, 3.05) is 6.61 Å². The molecule has 0 spiro atoms. The Labute approximate surface area is 123 Å². The van der Waals surface area contributed by atoms with E-state index in [-0.39, 0.29) is 5.97 Å². The van der Waals surface area contributed by atoms with Gasteiger partial charge in [0.15, 0.2) is 5.69 Å². The molecule has 0 aliphatic heterocycles. The third kappa shape index (κ3) is 1.97. The molecule has 0 amide bonds. The first-order chi connectivity index (χ1) is 10.3. The lowest BCUT2D eigenvalue weighted by atomic mass is 10.0. The number of carbonyl (C=O) groups is 1. The number of aromatic amines is 1. The van der Waals surface area contributed by atoms with E-state index in [0.717, 1.165) is 18.4 Å². The van der Waals surface area contributed by atoms with Crippen LogP contribution in [0.25, 0.3) is 0 Å². The van der Waals surface area contributed by atoms with E-state index in [4.69, 9.17) is 4.74 Å². The van der Waals surface area contributed by atoms with E-state index in [2.05, 4.69) is 40.5 Å². The summed E-state index contributed by atoms with van der Waals surface area (Å²) in [5, 5.41) is 7.26. The number of nitrogens with one attached hydrogen (secondary N) is 1. The van der Waals surface area contributed by atoms with Gasteiger partial charge >= 0.3 is 5.97 Å². The second kappa shape index (κ2) is 4.72. The summed E-state index contributed by atoms with van der Waals surface area (Å²) >= 11 is 0. The van der Waals surface area contributed by atoms with Crippen molar-refractivity contribution in [3.63, 3.8) is 0 Å². The number of aromatic nitrogens is 2. The molecule has 2 aliphatic carbocycles. The fourth-order valence-corrected chi connectivity index (χ4v) is 3.78. The van der Waals surface area contributed by atoms with E-state index in [1.165, 1.54) is 11.3 Å². The topological polar surface area (TPSA) is 55.0 Å². The highest BCUT2D eigenvalue weighted by Gasteiger charge is 2.57. The highest BCUT2D eigenvalue weighted by Crippen LogP contribution is 2.62. The van der Waals surface area contributed by atoms with Gasteiger partial charge in [-0.05, 0) is 37.2 Å². The lowest BCUT2D eigenvalue weighted by Crippen LogP contribution is -2.08. The van der Waals surface area contributed by atoms with Crippen LogP contribution in [0.3, 0.4) is 0 Å². The Morgan fingerprint density at radius 1 is 1.38 bits per heavy atom. The largest absolute Gasteiger partial charge is 0.461 e. The molecule has 0 bridgehead atoms. The maximum absolute atomic E-state index is 11.9. The van der Waals surface area contributed by atoms with Crippen LogP contribution in [0.2, 0.25) is 0 Å². The molecule has 21 heavy (non-hydrogen) atoms. The number of hydrogen-bond acceptors (Lipinski definition) is 3. The highest BCUT2D eigenvalue weighted by atomic mass is 16.5. The predicted molar refractivity (Wildman–Crippen MR) is 78.1 cm³/mol. The van der Waals surface area contributed by atoms with Gasteiger partial charge in [0, 0.05) is 17.2 Å². The standard InChI is InChI=1S/C17H18N2O2/c1-2-21-17(20)16-13-9-12-11(14(12)15(13)18-19-16)8-10-6-4-3-5-7-10/h3-7,11-12,14H,2,8-9H2,1H3,(H,18,19)/t11?,12-,14+/m0/s1. The van der Waals surface area contributed by atoms with E-state index in [9.17, 15) is 4.79 Å². The predicted octanol–water partition coefficient (Wildman–Crippen LogP) is 2.71. The number of benzene rings is 1. The third-order valence-corrected chi connectivity index (χ3v) is 4.79. The minimum absolute atomic E-state index is 0.295. The maximum Gasteiger partial charge on any atom is 0.359 e. The summed E-state index contributed by atoms with van der Waals surface area (Å²) < 4.78 is 5.06. The number of fused-ring (bicyclic) bond motifs is 3. The molecule has 1 unspecified atom stereocenters. The number of nitrogens with zero attached hydrogens (tertiary/aromatic N) is 1. The highest BCUT2D eigenvalue weighted by molar-refractivity contribution is 5.89. The van der Waals surface area contributed by atoms with E-state index in [1.54, 1.807) is 0 Å². The van der Waals surface area contributed by atoms with Crippen LogP contribution < -0.4 is 0 Å². The van der Waals surface area contributed by atoms with Gasteiger partial charge in [-0.15, -0.1) is 0 Å². The summed E-state index contributed by atoms with van der Waals surface area (Å²) in [6, 6.07) is 10.6. The van der Waals surface area contributed by atoms with Crippen LogP contribution >= 0.6 is 0 Å². The summed E-state index contributed by atoms with van der Waals surface area (Å²) in [6.07, 6.45) is 2.07. The molecule has 1 heterocycles. The summed E-state index contributed by atoms with van der Waals surface area (Å²) in [7, 11) is 0. The van der Waals surface area contributed by atoms with Gasteiger partial charge in [0.25, 0.3) is 0 Å². The summed E-state index contributed by atoms with van der Waals surface area (Å²) in [4.78, 5) is 11.9. The zero-order chi connectivity index (χ0) is 14.4. The molecule has 2 aliphatic rings. The molecule has 0 saturated heterocycles. The second-order valence-corrected chi connectivity index (χ2v) is 5.93. The normalized spacial score (nSPS) is 25.3. The lowest BCUT2D eigenvalue weighted by Gasteiger charge is -2.05. The molecule has 1 fully saturated rings. The molecule has 1 aromatic carbocycles. The van der Waals surface area contributed by atoms with Gasteiger partial charge in [-0.1, -0.05) is 30.3 Å². The van der Waals surface area contributed by atoms with Gasteiger partial charge in [-0.25, -0.2) is 4.79 Å². The molecule has 1 N–H and O–H groups in total. The van der Waals surface area contributed by atoms with Crippen molar-refractivity contribution < 1.29 is 9.53 Å². The Bertz CT molecular complexity index is 677. The van der Waals surface area contributed by atoms with Crippen molar-refractivity contribution >= 4 is 5.97 Å². The third-order valence-electron chi connectivity index (χ3n) is 4.79. The molecule has 1 saturated carbocycles. The SMILES string of the molecule is CCOC(=O)c1n[nH]c2c1C[C@H]1C(Cc3ccccc3)[C@@H]21. The van der Waals surface area contributed by atoms with E-state index in [1.807, 2.05) is 6.92 Å². The summed E-state index contributed by atoms with van der Waals surface area (Å²) in [5.41, 5.74) is 4.15. The summed E-state index contributed by atoms with van der Waals surface area (Å²) in [6.45, 7) is 2.21. The zero-order valence-corrected chi connectivity index (χ0v) is 12.0.